The SMILES string of the molecule is COc1cc(Oc2ccc(Cl)cc2OC(F)(F)F)ccc1C(=O)O. The van der Waals surface area contributed by atoms with E-state index in [0.717, 1.165) is 6.07 Å². The van der Waals surface area contributed by atoms with Crippen LogP contribution in [0.3, 0.4) is 0 Å². The maximum atomic E-state index is 12.4. The number of carboxylic acids is 1. The minimum absolute atomic E-state index is 0.00717. The summed E-state index contributed by atoms with van der Waals surface area (Å²) in [5.74, 6) is -2.04. The molecule has 0 heterocycles. The summed E-state index contributed by atoms with van der Waals surface area (Å²) in [6, 6.07) is 7.18. The van der Waals surface area contributed by atoms with Gasteiger partial charge in [0, 0.05) is 17.2 Å². The van der Waals surface area contributed by atoms with Crippen molar-refractivity contribution in [3.63, 3.8) is 0 Å². The van der Waals surface area contributed by atoms with Gasteiger partial charge in [-0.25, -0.2) is 4.79 Å². The molecule has 0 aliphatic carbocycles. The topological polar surface area (TPSA) is 65.0 Å². The van der Waals surface area contributed by atoms with Gasteiger partial charge in [0.2, 0.25) is 0 Å². The van der Waals surface area contributed by atoms with E-state index in [1.807, 2.05) is 0 Å². The van der Waals surface area contributed by atoms with Crippen LogP contribution in [0.25, 0.3) is 0 Å². The van der Waals surface area contributed by atoms with E-state index in [1.54, 1.807) is 0 Å². The molecule has 24 heavy (non-hydrogen) atoms. The molecular weight excluding hydrogens is 353 g/mol. The van der Waals surface area contributed by atoms with E-state index in [1.165, 1.54) is 37.4 Å². The summed E-state index contributed by atoms with van der Waals surface area (Å²) in [5, 5.41) is 9.03. The molecule has 0 saturated carbocycles. The average molecular weight is 363 g/mol. The van der Waals surface area contributed by atoms with Crippen LogP contribution in [0.15, 0.2) is 36.4 Å². The van der Waals surface area contributed by atoms with Crippen LogP contribution in [-0.2, 0) is 0 Å². The molecule has 0 spiro atoms. The zero-order valence-corrected chi connectivity index (χ0v) is 12.8. The molecule has 0 unspecified atom stereocenters. The van der Waals surface area contributed by atoms with Crippen molar-refractivity contribution in [1.82, 2.24) is 0 Å². The van der Waals surface area contributed by atoms with Crippen LogP contribution in [0.2, 0.25) is 5.02 Å². The second-order valence-corrected chi connectivity index (χ2v) is 4.84. The van der Waals surface area contributed by atoms with Gasteiger partial charge in [0.25, 0.3) is 0 Å². The molecule has 0 radical (unpaired) electrons. The third kappa shape index (κ3) is 4.45. The highest BCUT2D eigenvalue weighted by molar-refractivity contribution is 6.30. The van der Waals surface area contributed by atoms with Crippen LogP contribution in [0, 0.1) is 0 Å². The Labute approximate surface area is 139 Å². The van der Waals surface area contributed by atoms with Gasteiger partial charge in [0.1, 0.15) is 17.1 Å². The van der Waals surface area contributed by atoms with Crippen molar-refractivity contribution in [3.05, 3.63) is 47.0 Å². The highest BCUT2D eigenvalue weighted by Gasteiger charge is 2.32. The number of hydrogen-bond donors (Lipinski definition) is 1. The van der Waals surface area contributed by atoms with Gasteiger partial charge in [-0.15, -0.1) is 13.2 Å². The van der Waals surface area contributed by atoms with Crippen LogP contribution in [0.4, 0.5) is 13.2 Å². The second-order valence-electron chi connectivity index (χ2n) is 4.41. The van der Waals surface area contributed by atoms with Gasteiger partial charge >= 0.3 is 12.3 Å². The molecule has 2 rings (SSSR count). The highest BCUT2D eigenvalue weighted by Crippen LogP contribution is 2.38. The third-order valence-corrected chi connectivity index (χ3v) is 3.00. The average Bonchev–Trinajstić information content (AvgIpc) is 2.48. The number of carboxylic acid groups (broad SMARTS) is 1. The van der Waals surface area contributed by atoms with Gasteiger partial charge < -0.3 is 19.3 Å². The lowest BCUT2D eigenvalue weighted by molar-refractivity contribution is -0.275. The van der Waals surface area contributed by atoms with Gasteiger partial charge in [-0.2, -0.15) is 0 Å². The second kappa shape index (κ2) is 6.88. The molecule has 0 fully saturated rings. The molecule has 0 aliphatic heterocycles. The van der Waals surface area contributed by atoms with E-state index >= 15 is 0 Å². The number of benzene rings is 2. The number of carbonyl (C=O) groups is 1. The van der Waals surface area contributed by atoms with E-state index in [2.05, 4.69) is 4.74 Å². The summed E-state index contributed by atoms with van der Waals surface area (Å²) in [7, 11) is 1.26. The third-order valence-electron chi connectivity index (χ3n) is 2.76. The first kappa shape index (κ1) is 17.7. The fraction of sp³-hybridized carbons (Fsp3) is 0.133. The van der Waals surface area contributed by atoms with Gasteiger partial charge in [0.05, 0.1) is 7.11 Å². The molecule has 0 atom stereocenters. The zero-order valence-electron chi connectivity index (χ0n) is 12.1. The summed E-state index contributed by atoms with van der Waals surface area (Å²) < 4.78 is 51.5. The lowest BCUT2D eigenvalue weighted by Gasteiger charge is -2.15. The van der Waals surface area contributed by atoms with Crippen LogP contribution in [0.5, 0.6) is 23.0 Å². The predicted octanol–water partition coefficient (Wildman–Crippen LogP) is 4.74. The molecule has 1 N–H and O–H groups in total. The lowest BCUT2D eigenvalue weighted by Crippen LogP contribution is -2.17. The van der Waals surface area contributed by atoms with Crippen molar-refractivity contribution in [3.8, 4) is 23.0 Å². The van der Waals surface area contributed by atoms with E-state index in [9.17, 15) is 18.0 Å². The van der Waals surface area contributed by atoms with Crippen molar-refractivity contribution in [1.29, 1.82) is 0 Å². The summed E-state index contributed by atoms with van der Waals surface area (Å²) >= 11 is 5.66. The number of ether oxygens (including phenoxy) is 3. The number of alkyl halides is 3. The Hall–Kier alpha value is -2.61. The van der Waals surface area contributed by atoms with Gasteiger partial charge in [0.15, 0.2) is 11.5 Å². The van der Waals surface area contributed by atoms with Crippen molar-refractivity contribution in [2.24, 2.45) is 0 Å². The smallest absolute Gasteiger partial charge is 0.496 e. The minimum Gasteiger partial charge on any atom is -0.496 e. The Morgan fingerprint density at radius 1 is 1.08 bits per heavy atom. The summed E-state index contributed by atoms with van der Waals surface area (Å²) in [6.07, 6.45) is -4.92. The Kier molecular flexibility index (Phi) is 5.08. The largest absolute Gasteiger partial charge is 0.573 e. The van der Waals surface area contributed by atoms with E-state index < -0.39 is 18.1 Å². The molecule has 0 amide bonds. The predicted molar refractivity (Wildman–Crippen MR) is 78.2 cm³/mol. The molecule has 0 aliphatic rings. The van der Waals surface area contributed by atoms with Gasteiger partial charge in [-0.1, -0.05) is 11.6 Å². The van der Waals surface area contributed by atoms with E-state index in [0.29, 0.717) is 0 Å². The molecule has 2 aromatic carbocycles. The van der Waals surface area contributed by atoms with Gasteiger partial charge in [-0.05, 0) is 24.3 Å². The minimum atomic E-state index is -4.92. The monoisotopic (exact) mass is 362 g/mol. The van der Waals surface area contributed by atoms with E-state index in [4.69, 9.17) is 26.2 Å². The van der Waals surface area contributed by atoms with Crippen molar-refractivity contribution in [2.75, 3.05) is 7.11 Å². The van der Waals surface area contributed by atoms with Crippen LogP contribution >= 0.6 is 11.6 Å². The van der Waals surface area contributed by atoms with E-state index in [-0.39, 0.29) is 27.8 Å². The maximum absolute atomic E-state index is 12.4. The first-order chi connectivity index (χ1) is 11.2. The Morgan fingerprint density at radius 2 is 1.79 bits per heavy atom. The summed E-state index contributed by atoms with van der Waals surface area (Å²) in [5.41, 5.74) is -0.118. The summed E-state index contributed by atoms with van der Waals surface area (Å²) in [6.45, 7) is 0. The highest BCUT2D eigenvalue weighted by atomic mass is 35.5. The van der Waals surface area contributed by atoms with Crippen LogP contribution in [-0.4, -0.2) is 24.5 Å². The maximum Gasteiger partial charge on any atom is 0.573 e. The zero-order chi connectivity index (χ0) is 17.9. The van der Waals surface area contributed by atoms with Crippen molar-refractivity contribution in [2.45, 2.75) is 6.36 Å². The molecule has 128 valence electrons. The standard InChI is InChI=1S/C15H10ClF3O5/c1-22-12-7-9(3-4-10(12)14(20)21)23-11-5-2-8(16)6-13(11)24-15(17,18)19/h2-7H,1H3,(H,20,21). The fourth-order valence-electron chi connectivity index (χ4n) is 1.81. The van der Waals surface area contributed by atoms with Crippen molar-refractivity contribution < 1.29 is 37.3 Å². The Morgan fingerprint density at radius 3 is 2.38 bits per heavy atom. The first-order valence-electron chi connectivity index (χ1n) is 6.34. The normalized spacial score (nSPS) is 11.0. The molecule has 9 heteroatoms. The molecule has 0 aromatic heterocycles. The number of rotatable bonds is 5. The fourth-order valence-corrected chi connectivity index (χ4v) is 1.97. The number of halogens is 4. The summed E-state index contributed by atoms with van der Waals surface area (Å²) in [4.78, 5) is 11.0. The Bertz CT molecular complexity index is 761. The molecular formula is C15H10ClF3O5. The van der Waals surface area contributed by atoms with Gasteiger partial charge in [-0.3, -0.25) is 0 Å². The molecule has 5 nitrogen and oxygen atoms in total. The number of hydrogen-bond acceptors (Lipinski definition) is 4. The number of aromatic carboxylic acids is 1. The quantitative estimate of drug-likeness (QED) is 0.832. The first-order valence-corrected chi connectivity index (χ1v) is 6.72. The Balaban J connectivity index is 2.36. The number of methoxy groups -OCH3 is 1. The lowest BCUT2D eigenvalue weighted by atomic mass is 10.2. The van der Waals surface area contributed by atoms with Crippen LogP contribution < -0.4 is 14.2 Å². The van der Waals surface area contributed by atoms with Crippen molar-refractivity contribution >= 4 is 17.6 Å². The molecule has 2 aromatic rings. The molecule has 0 saturated heterocycles. The van der Waals surface area contributed by atoms with Crippen LogP contribution in [0.1, 0.15) is 10.4 Å². The molecule has 0 bridgehead atoms.